The van der Waals surface area contributed by atoms with E-state index < -0.39 is 6.10 Å². The van der Waals surface area contributed by atoms with Crippen LogP contribution in [-0.2, 0) is 4.79 Å². The van der Waals surface area contributed by atoms with Crippen molar-refractivity contribution >= 4 is 18.3 Å². The Morgan fingerprint density at radius 3 is 2.43 bits per heavy atom. The number of benzene rings is 1. The molecule has 1 amide bonds. The van der Waals surface area contributed by atoms with Gasteiger partial charge in [-0.3, -0.25) is 4.79 Å². The third-order valence-electron chi connectivity index (χ3n) is 3.98. The fourth-order valence-corrected chi connectivity index (χ4v) is 2.79. The smallest absolute Gasteiger partial charge is 0.224 e. The minimum absolute atomic E-state index is 0. The van der Waals surface area contributed by atoms with Gasteiger partial charge in [0.1, 0.15) is 0 Å². The molecule has 0 radical (unpaired) electrons. The van der Waals surface area contributed by atoms with E-state index in [1.807, 2.05) is 42.2 Å². The number of amides is 1. The molecule has 2 atom stereocenters. The third kappa shape index (κ3) is 4.99. The van der Waals surface area contributed by atoms with Crippen LogP contribution < -0.4 is 5.73 Å². The predicted molar refractivity (Wildman–Crippen MR) is 86.2 cm³/mol. The molecule has 2 rings (SSSR count). The lowest BCUT2D eigenvalue weighted by Gasteiger charge is -2.34. The van der Waals surface area contributed by atoms with E-state index in [0.29, 0.717) is 6.42 Å². The first-order chi connectivity index (χ1) is 9.58. The van der Waals surface area contributed by atoms with Crippen molar-refractivity contribution in [1.29, 1.82) is 0 Å². The molecule has 0 aromatic heterocycles. The molecule has 1 aliphatic rings. The van der Waals surface area contributed by atoms with Crippen LogP contribution >= 0.6 is 12.4 Å². The van der Waals surface area contributed by atoms with E-state index in [1.54, 1.807) is 0 Å². The molecule has 0 spiro atoms. The second-order valence-electron chi connectivity index (χ2n) is 5.76. The van der Waals surface area contributed by atoms with Crippen LogP contribution in [0.4, 0.5) is 0 Å². The van der Waals surface area contributed by atoms with Crippen LogP contribution in [0.3, 0.4) is 0 Å². The second kappa shape index (κ2) is 8.37. The molecular formula is C16H25ClN2O2. The Kier molecular flexibility index (Phi) is 7.15. The molecule has 5 heteroatoms. The second-order valence-corrected chi connectivity index (χ2v) is 5.76. The van der Waals surface area contributed by atoms with Crippen LogP contribution in [0.5, 0.6) is 0 Å². The Morgan fingerprint density at radius 1 is 1.33 bits per heavy atom. The first-order valence-electron chi connectivity index (χ1n) is 7.34. The normalized spacial score (nSPS) is 18.7. The summed E-state index contributed by atoms with van der Waals surface area (Å²) in [5.74, 6) is 0.365. The summed E-state index contributed by atoms with van der Waals surface area (Å²) in [4.78, 5) is 13.8. The lowest BCUT2D eigenvalue weighted by Crippen LogP contribution is -2.41. The molecule has 1 fully saturated rings. The highest BCUT2D eigenvalue weighted by atomic mass is 35.5. The maximum absolute atomic E-state index is 11.9. The van der Waals surface area contributed by atoms with Gasteiger partial charge >= 0.3 is 0 Å². The highest BCUT2D eigenvalue weighted by molar-refractivity contribution is 5.85. The first-order valence-corrected chi connectivity index (χ1v) is 7.34. The number of carbonyl (C=O) groups is 1. The molecule has 118 valence electrons. The van der Waals surface area contributed by atoms with Crippen molar-refractivity contribution in [3.8, 4) is 0 Å². The number of hydrogen-bond donors (Lipinski definition) is 2. The molecule has 1 aliphatic heterocycles. The summed E-state index contributed by atoms with van der Waals surface area (Å²) >= 11 is 0. The van der Waals surface area contributed by atoms with Gasteiger partial charge < -0.3 is 15.7 Å². The van der Waals surface area contributed by atoms with Gasteiger partial charge in [0, 0.05) is 25.6 Å². The Hall–Kier alpha value is -1.10. The SMILES string of the molecule is CC(N)CC(=O)N1CCC(C(O)c2ccccc2)CC1.Cl. The average molecular weight is 313 g/mol. The van der Waals surface area contributed by atoms with Gasteiger partial charge in [0.05, 0.1) is 6.10 Å². The van der Waals surface area contributed by atoms with Gasteiger partial charge in [0.25, 0.3) is 0 Å². The number of piperidine rings is 1. The summed E-state index contributed by atoms with van der Waals surface area (Å²) in [6, 6.07) is 9.66. The van der Waals surface area contributed by atoms with Crippen molar-refractivity contribution in [2.75, 3.05) is 13.1 Å². The van der Waals surface area contributed by atoms with Gasteiger partial charge in [-0.05, 0) is 31.2 Å². The van der Waals surface area contributed by atoms with Crippen LogP contribution in [0.1, 0.15) is 37.9 Å². The molecule has 0 saturated carbocycles. The number of carbonyl (C=O) groups excluding carboxylic acids is 1. The Balaban J connectivity index is 0.00000220. The zero-order valence-corrected chi connectivity index (χ0v) is 13.3. The first kappa shape index (κ1) is 18.0. The van der Waals surface area contributed by atoms with Gasteiger partial charge in [-0.2, -0.15) is 0 Å². The standard InChI is InChI=1S/C16H24N2O2.ClH/c1-12(17)11-15(19)18-9-7-14(8-10-18)16(20)13-5-3-2-4-6-13;/h2-6,12,14,16,20H,7-11,17H2,1H3;1H. The molecule has 1 aromatic carbocycles. The summed E-state index contributed by atoms with van der Waals surface area (Å²) in [6.45, 7) is 3.30. The van der Waals surface area contributed by atoms with Gasteiger partial charge in [0.15, 0.2) is 0 Å². The van der Waals surface area contributed by atoms with E-state index in [4.69, 9.17) is 5.73 Å². The highest BCUT2D eigenvalue weighted by Crippen LogP contribution is 2.30. The number of nitrogens with zero attached hydrogens (tertiary/aromatic N) is 1. The van der Waals surface area contributed by atoms with Crippen molar-refractivity contribution in [2.24, 2.45) is 11.7 Å². The molecule has 2 unspecified atom stereocenters. The monoisotopic (exact) mass is 312 g/mol. The van der Waals surface area contributed by atoms with Crippen molar-refractivity contribution in [3.05, 3.63) is 35.9 Å². The van der Waals surface area contributed by atoms with E-state index in [2.05, 4.69) is 0 Å². The molecule has 0 aliphatic carbocycles. The van der Waals surface area contributed by atoms with Crippen molar-refractivity contribution in [2.45, 2.75) is 38.3 Å². The lowest BCUT2D eigenvalue weighted by molar-refractivity contribution is -0.133. The van der Waals surface area contributed by atoms with Gasteiger partial charge in [-0.1, -0.05) is 30.3 Å². The fraction of sp³-hybridized carbons (Fsp3) is 0.562. The largest absolute Gasteiger partial charge is 0.388 e. The van der Waals surface area contributed by atoms with Crippen molar-refractivity contribution in [3.63, 3.8) is 0 Å². The number of halogens is 1. The predicted octanol–water partition coefficient (Wildman–Crippen LogP) is 2.12. The van der Waals surface area contributed by atoms with Crippen LogP contribution in [0, 0.1) is 5.92 Å². The van der Waals surface area contributed by atoms with Crippen molar-refractivity contribution < 1.29 is 9.90 Å². The maximum Gasteiger partial charge on any atom is 0.224 e. The van der Waals surface area contributed by atoms with E-state index in [9.17, 15) is 9.90 Å². The molecule has 21 heavy (non-hydrogen) atoms. The van der Waals surface area contributed by atoms with E-state index in [-0.39, 0.29) is 30.3 Å². The van der Waals surface area contributed by atoms with E-state index in [1.165, 1.54) is 0 Å². The van der Waals surface area contributed by atoms with Gasteiger partial charge in [-0.25, -0.2) is 0 Å². The number of rotatable bonds is 4. The number of aliphatic hydroxyl groups is 1. The molecule has 1 saturated heterocycles. The van der Waals surface area contributed by atoms with Crippen LogP contribution in [0.15, 0.2) is 30.3 Å². The summed E-state index contributed by atoms with van der Waals surface area (Å²) in [5, 5.41) is 10.4. The highest BCUT2D eigenvalue weighted by Gasteiger charge is 2.28. The summed E-state index contributed by atoms with van der Waals surface area (Å²) in [7, 11) is 0. The fourth-order valence-electron chi connectivity index (χ4n) is 2.79. The minimum atomic E-state index is -0.429. The van der Waals surface area contributed by atoms with Crippen LogP contribution in [0.2, 0.25) is 0 Å². The Bertz CT molecular complexity index is 431. The van der Waals surface area contributed by atoms with E-state index in [0.717, 1.165) is 31.5 Å². The lowest BCUT2D eigenvalue weighted by atomic mass is 9.87. The molecule has 1 heterocycles. The number of hydrogen-bond acceptors (Lipinski definition) is 3. The molecule has 0 bridgehead atoms. The van der Waals surface area contributed by atoms with E-state index >= 15 is 0 Å². The summed E-state index contributed by atoms with van der Waals surface area (Å²) in [6.07, 6.45) is 1.68. The minimum Gasteiger partial charge on any atom is -0.388 e. The number of aliphatic hydroxyl groups excluding tert-OH is 1. The van der Waals surface area contributed by atoms with Gasteiger partial charge in [-0.15, -0.1) is 12.4 Å². The summed E-state index contributed by atoms with van der Waals surface area (Å²) in [5.41, 5.74) is 6.63. The maximum atomic E-state index is 11.9. The Morgan fingerprint density at radius 2 is 1.90 bits per heavy atom. The quantitative estimate of drug-likeness (QED) is 0.895. The zero-order valence-electron chi connectivity index (χ0n) is 12.4. The molecule has 4 nitrogen and oxygen atoms in total. The number of likely N-dealkylation sites (tertiary alicyclic amines) is 1. The average Bonchev–Trinajstić information content (AvgIpc) is 2.47. The topological polar surface area (TPSA) is 66.6 Å². The van der Waals surface area contributed by atoms with Crippen LogP contribution in [0.25, 0.3) is 0 Å². The number of nitrogens with two attached hydrogens (primary N) is 1. The van der Waals surface area contributed by atoms with Gasteiger partial charge in [0.2, 0.25) is 5.91 Å². The Labute approximate surface area is 132 Å². The van der Waals surface area contributed by atoms with Crippen molar-refractivity contribution in [1.82, 2.24) is 4.90 Å². The summed E-state index contributed by atoms with van der Waals surface area (Å²) < 4.78 is 0. The molecule has 3 N–H and O–H groups in total. The third-order valence-corrected chi connectivity index (χ3v) is 3.98. The van der Waals surface area contributed by atoms with Crippen LogP contribution in [-0.4, -0.2) is 35.0 Å². The molecular weight excluding hydrogens is 288 g/mol. The molecule has 1 aromatic rings. The zero-order chi connectivity index (χ0) is 14.5.